The summed E-state index contributed by atoms with van der Waals surface area (Å²) in [6, 6.07) is 0. The fourth-order valence-electron chi connectivity index (χ4n) is 1.48. The Morgan fingerprint density at radius 2 is 2.23 bits per heavy atom. The number of sulfonamides is 1. The number of methoxy groups -OCH3 is 1. The highest BCUT2D eigenvalue weighted by Gasteiger charge is 2.27. The molecule has 1 unspecified atom stereocenters. The Kier molecular flexibility index (Phi) is 2.98. The first-order chi connectivity index (χ1) is 5.94. The maximum absolute atomic E-state index is 10.9. The molecule has 0 heterocycles. The van der Waals surface area contributed by atoms with Gasteiger partial charge in [0.25, 0.3) is 0 Å². The molecule has 2 atom stereocenters. The van der Waals surface area contributed by atoms with Gasteiger partial charge in [-0.15, -0.1) is 0 Å². The van der Waals surface area contributed by atoms with E-state index in [4.69, 9.17) is 4.74 Å². The third-order valence-electron chi connectivity index (χ3n) is 2.22. The number of ether oxygens (including phenoxy) is 1. The second kappa shape index (κ2) is 3.67. The van der Waals surface area contributed by atoms with E-state index in [0.29, 0.717) is 0 Å². The van der Waals surface area contributed by atoms with Gasteiger partial charge in [0.15, 0.2) is 0 Å². The maximum Gasteiger partial charge on any atom is 0.229 e. The molecule has 0 saturated carbocycles. The predicted molar refractivity (Wildman–Crippen MR) is 50.6 cm³/mol. The Bertz CT molecular complexity index is 307. The molecular formula is C8H15NO3S. The van der Waals surface area contributed by atoms with Gasteiger partial charge < -0.3 is 4.74 Å². The molecule has 1 rings (SSSR count). The van der Waals surface area contributed by atoms with Crippen LogP contribution < -0.4 is 4.72 Å². The molecule has 1 aliphatic rings. The Morgan fingerprint density at radius 1 is 1.62 bits per heavy atom. The standard InChI is InChI=1S/C8H15NO3S/c1-6-7(9-13(3,10)11)4-5-8(6)12-2/h4,6,8-9H,5H2,1-3H3/t6?,8-/m1/s1. The molecule has 0 saturated heterocycles. The predicted octanol–water partition coefficient (Wildman–Crippen LogP) is 0.474. The van der Waals surface area contributed by atoms with Crippen molar-refractivity contribution >= 4 is 10.0 Å². The van der Waals surface area contributed by atoms with E-state index in [1.54, 1.807) is 7.11 Å². The maximum atomic E-state index is 10.9. The van der Waals surface area contributed by atoms with Crippen molar-refractivity contribution in [2.24, 2.45) is 5.92 Å². The van der Waals surface area contributed by atoms with Crippen LogP contribution in [0.25, 0.3) is 0 Å². The summed E-state index contributed by atoms with van der Waals surface area (Å²) >= 11 is 0. The van der Waals surface area contributed by atoms with Crippen molar-refractivity contribution in [1.29, 1.82) is 0 Å². The third kappa shape index (κ3) is 2.70. The Labute approximate surface area is 79.0 Å². The molecule has 1 N–H and O–H groups in total. The van der Waals surface area contributed by atoms with Crippen LogP contribution in [-0.2, 0) is 14.8 Å². The number of nitrogens with one attached hydrogen (secondary N) is 1. The molecule has 0 aromatic carbocycles. The molecule has 0 bridgehead atoms. The van der Waals surface area contributed by atoms with Gasteiger partial charge in [0.1, 0.15) is 0 Å². The SMILES string of the molecule is CO[C@@H]1CC=C(NS(C)(=O)=O)C1C. The van der Waals surface area contributed by atoms with Crippen LogP contribution in [0.15, 0.2) is 11.8 Å². The molecule has 1 aliphatic carbocycles. The second-order valence-corrected chi connectivity index (χ2v) is 5.08. The molecule has 0 radical (unpaired) electrons. The van der Waals surface area contributed by atoms with E-state index >= 15 is 0 Å². The van der Waals surface area contributed by atoms with E-state index in [2.05, 4.69) is 4.72 Å². The van der Waals surface area contributed by atoms with Gasteiger partial charge in [-0.25, -0.2) is 8.42 Å². The van der Waals surface area contributed by atoms with Gasteiger partial charge >= 0.3 is 0 Å². The zero-order chi connectivity index (χ0) is 10.1. The lowest BCUT2D eigenvalue weighted by molar-refractivity contribution is 0.0814. The van der Waals surface area contributed by atoms with E-state index < -0.39 is 10.0 Å². The smallest absolute Gasteiger partial charge is 0.229 e. The summed E-state index contributed by atoms with van der Waals surface area (Å²) in [7, 11) is -1.51. The molecule has 4 nitrogen and oxygen atoms in total. The minimum Gasteiger partial charge on any atom is -0.380 e. The van der Waals surface area contributed by atoms with Crippen LogP contribution in [0.4, 0.5) is 0 Å². The van der Waals surface area contributed by atoms with Gasteiger partial charge in [-0.05, 0) is 6.42 Å². The lowest BCUT2D eigenvalue weighted by Crippen LogP contribution is -2.27. The van der Waals surface area contributed by atoms with Crippen molar-refractivity contribution in [3.05, 3.63) is 11.8 Å². The lowest BCUT2D eigenvalue weighted by atomic mass is 10.1. The minimum absolute atomic E-state index is 0.101. The van der Waals surface area contributed by atoms with E-state index in [1.807, 2.05) is 13.0 Å². The Balaban J connectivity index is 2.65. The van der Waals surface area contributed by atoms with Crippen LogP contribution in [0, 0.1) is 5.92 Å². The van der Waals surface area contributed by atoms with Crippen LogP contribution in [0.1, 0.15) is 13.3 Å². The molecule has 13 heavy (non-hydrogen) atoms. The molecule has 0 fully saturated rings. The van der Waals surface area contributed by atoms with Crippen molar-refractivity contribution in [3.8, 4) is 0 Å². The first-order valence-electron chi connectivity index (χ1n) is 4.14. The molecule has 5 heteroatoms. The highest BCUT2D eigenvalue weighted by atomic mass is 32.2. The Hall–Kier alpha value is -0.550. The normalized spacial score (nSPS) is 28.7. The van der Waals surface area contributed by atoms with Crippen LogP contribution >= 0.6 is 0 Å². The van der Waals surface area contributed by atoms with E-state index in [1.165, 1.54) is 0 Å². The average Bonchev–Trinajstić information content (AvgIpc) is 2.30. The lowest BCUT2D eigenvalue weighted by Gasteiger charge is -2.17. The van der Waals surface area contributed by atoms with Gasteiger partial charge in [0.2, 0.25) is 10.0 Å². The first-order valence-corrected chi connectivity index (χ1v) is 6.04. The average molecular weight is 205 g/mol. The largest absolute Gasteiger partial charge is 0.380 e. The van der Waals surface area contributed by atoms with Crippen LogP contribution in [0.2, 0.25) is 0 Å². The number of hydrogen-bond acceptors (Lipinski definition) is 3. The van der Waals surface area contributed by atoms with Crippen LogP contribution in [0.3, 0.4) is 0 Å². The summed E-state index contributed by atoms with van der Waals surface area (Å²) in [5, 5.41) is 0. The zero-order valence-electron chi connectivity index (χ0n) is 8.07. The van der Waals surface area contributed by atoms with Gasteiger partial charge in [-0.3, -0.25) is 4.72 Å². The molecular weight excluding hydrogens is 190 g/mol. The van der Waals surface area contributed by atoms with Crippen LogP contribution in [-0.4, -0.2) is 27.9 Å². The van der Waals surface area contributed by atoms with Gasteiger partial charge in [0, 0.05) is 18.7 Å². The molecule has 0 aromatic heterocycles. The summed E-state index contributed by atoms with van der Waals surface area (Å²) in [6.07, 6.45) is 3.90. The topological polar surface area (TPSA) is 55.4 Å². The fraction of sp³-hybridized carbons (Fsp3) is 0.750. The summed E-state index contributed by atoms with van der Waals surface area (Å²) in [5.74, 6) is 0.125. The first kappa shape index (κ1) is 10.5. The zero-order valence-corrected chi connectivity index (χ0v) is 8.89. The second-order valence-electron chi connectivity index (χ2n) is 3.33. The van der Waals surface area contributed by atoms with Crippen molar-refractivity contribution in [2.45, 2.75) is 19.4 Å². The highest BCUT2D eigenvalue weighted by Crippen LogP contribution is 2.26. The Morgan fingerprint density at radius 3 is 2.62 bits per heavy atom. The fourth-order valence-corrected chi connectivity index (χ4v) is 2.18. The molecule has 0 aliphatic heterocycles. The van der Waals surface area contributed by atoms with E-state index in [-0.39, 0.29) is 12.0 Å². The van der Waals surface area contributed by atoms with Crippen molar-refractivity contribution in [2.75, 3.05) is 13.4 Å². The summed E-state index contributed by atoms with van der Waals surface area (Å²) in [5.41, 5.74) is 0.745. The third-order valence-corrected chi connectivity index (χ3v) is 2.83. The minimum atomic E-state index is -3.15. The molecule has 0 amide bonds. The molecule has 0 aromatic rings. The highest BCUT2D eigenvalue weighted by molar-refractivity contribution is 7.88. The monoisotopic (exact) mass is 205 g/mol. The number of rotatable bonds is 3. The quantitative estimate of drug-likeness (QED) is 0.729. The van der Waals surface area contributed by atoms with Crippen molar-refractivity contribution < 1.29 is 13.2 Å². The van der Waals surface area contributed by atoms with Gasteiger partial charge in [-0.1, -0.05) is 13.0 Å². The summed E-state index contributed by atoms with van der Waals surface area (Å²) in [4.78, 5) is 0. The van der Waals surface area contributed by atoms with Gasteiger partial charge in [0.05, 0.1) is 12.4 Å². The number of hydrogen-bond donors (Lipinski definition) is 1. The van der Waals surface area contributed by atoms with Gasteiger partial charge in [-0.2, -0.15) is 0 Å². The van der Waals surface area contributed by atoms with Crippen LogP contribution in [0.5, 0.6) is 0 Å². The summed E-state index contributed by atoms with van der Waals surface area (Å²) < 4.78 is 29.5. The van der Waals surface area contributed by atoms with E-state index in [9.17, 15) is 8.42 Å². The van der Waals surface area contributed by atoms with E-state index in [0.717, 1.165) is 18.4 Å². The van der Waals surface area contributed by atoms with Crippen molar-refractivity contribution in [3.63, 3.8) is 0 Å². The molecule has 0 spiro atoms. The van der Waals surface area contributed by atoms with Crippen molar-refractivity contribution in [1.82, 2.24) is 4.72 Å². The molecule has 76 valence electrons. The summed E-state index contributed by atoms with van der Waals surface area (Å²) in [6.45, 7) is 1.95.